The van der Waals surface area contributed by atoms with E-state index in [0.717, 1.165) is 18.6 Å². The summed E-state index contributed by atoms with van der Waals surface area (Å²) >= 11 is 0. The number of anilines is 1. The van der Waals surface area contributed by atoms with E-state index in [2.05, 4.69) is 5.10 Å². The molecule has 0 atom stereocenters. The molecule has 5 heteroatoms. The van der Waals surface area contributed by atoms with E-state index in [4.69, 9.17) is 0 Å². The highest BCUT2D eigenvalue weighted by atomic mass is 19.1. The first-order chi connectivity index (χ1) is 9.52. The number of carbonyl (C=O) groups excluding carboxylic acids is 1. The van der Waals surface area contributed by atoms with Gasteiger partial charge in [0.15, 0.2) is 0 Å². The molecule has 0 fully saturated rings. The van der Waals surface area contributed by atoms with Crippen molar-refractivity contribution in [3.63, 3.8) is 0 Å². The van der Waals surface area contributed by atoms with Crippen LogP contribution in [0.5, 0.6) is 0 Å². The van der Waals surface area contributed by atoms with Gasteiger partial charge in [-0.25, -0.2) is 4.39 Å². The van der Waals surface area contributed by atoms with Gasteiger partial charge in [0.2, 0.25) is 0 Å². The van der Waals surface area contributed by atoms with Crippen molar-refractivity contribution in [1.82, 2.24) is 4.90 Å². The fraction of sp³-hybridized carbons (Fsp3) is 0.333. The van der Waals surface area contributed by atoms with Crippen LogP contribution >= 0.6 is 0 Å². The lowest BCUT2D eigenvalue weighted by Crippen LogP contribution is -2.22. The summed E-state index contributed by atoms with van der Waals surface area (Å²) in [5.74, 6) is -0.504. The maximum atomic E-state index is 13.0. The minimum Gasteiger partial charge on any atom is -0.383 e. The molecule has 1 aliphatic heterocycles. The Hall–Kier alpha value is -2.17. The largest absolute Gasteiger partial charge is 0.383 e. The van der Waals surface area contributed by atoms with Crippen molar-refractivity contribution >= 4 is 17.3 Å². The van der Waals surface area contributed by atoms with Gasteiger partial charge in [0.05, 0.1) is 17.0 Å². The van der Waals surface area contributed by atoms with Crippen LogP contribution in [0.3, 0.4) is 0 Å². The van der Waals surface area contributed by atoms with Crippen LogP contribution in [0.4, 0.5) is 10.1 Å². The van der Waals surface area contributed by atoms with Crippen LogP contribution in [-0.4, -0.2) is 30.6 Å². The van der Waals surface area contributed by atoms with Crippen molar-refractivity contribution in [2.75, 3.05) is 19.1 Å². The number of rotatable bonds is 4. The molecule has 0 saturated carbocycles. The molecule has 0 unspecified atom stereocenters. The number of halogens is 1. The predicted octanol–water partition coefficient (Wildman–Crippen LogP) is 2.77. The highest BCUT2D eigenvalue weighted by Crippen LogP contribution is 2.25. The van der Waals surface area contributed by atoms with Gasteiger partial charge in [0, 0.05) is 20.3 Å². The van der Waals surface area contributed by atoms with Gasteiger partial charge in [-0.15, -0.1) is 0 Å². The summed E-state index contributed by atoms with van der Waals surface area (Å²) in [6, 6.07) is 5.76. The molecule has 1 aromatic rings. The van der Waals surface area contributed by atoms with Crippen LogP contribution in [0.25, 0.3) is 0 Å². The molecule has 106 valence electrons. The smallest absolute Gasteiger partial charge is 0.282 e. The summed E-state index contributed by atoms with van der Waals surface area (Å²) in [6.45, 7) is 2.04. The Morgan fingerprint density at radius 1 is 1.30 bits per heavy atom. The van der Waals surface area contributed by atoms with Gasteiger partial charge in [-0.2, -0.15) is 10.1 Å². The molecule has 0 bridgehead atoms. The lowest BCUT2D eigenvalue weighted by Gasteiger charge is -2.12. The molecule has 0 N–H and O–H groups in total. The molecule has 0 spiro atoms. The molecule has 2 rings (SSSR count). The molecule has 20 heavy (non-hydrogen) atoms. The van der Waals surface area contributed by atoms with Crippen LogP contribution in [0, 0.1) is 5.82 Å². The van der Waals surface area contributed by atoms with E-state index in [1.54, 1.807) is 18.3 Å². The maximum Gasteiger partial charge on any atom is 0.282 e. The monoisotopic (exact) mass is 275 g/mol. The third kappa shape index (κ3) is 2.87. The Morgan fingerprint density at radius 3 is 2.50 bits per heavy atom. The van der Waals surface area contributed by atoms with Crippen LogP contribution in [0.1, 0.15) is 19.8 Å². The van der Waals surface area contributed by atoms with Crippen molar-refractivity contribution in [3.05, 3.63) is 41.9 Å². The zero-order chi connectivity index (χ0) is 14.7. The van der Waals surface area contributed by atoms with Crippen LogP contribution in [-0.2, 0) is 4.79 Å². The molecule has 0 radical (unpaired) electrons. The summed E-state index contributed by atoms with van der Waals surface area (Å²) in [6.07, 6.45) is 3.43. The second kappa shape index (κ2) is 5.86. The molecule has 0 aliphatic carbocycles. The predicted molar refractivity (Wildman–Crippen MR) is 78.0 cm³/mol. The van der Waals surface area contributed by atoms with Gasteiger partial charge in [-0.05, 0) is 30.7 Å². The van der Waals surface area contributed by atoms with Crippen molar-refractivity contribution < 1.29 is 9.18 Å². The van der Waals surface area contributed by atoms with E-state index in [9.17, 15) is 9.18 Å². The summed E-state index contributed by atoms with van der Waals surface area (Å²) in [4.78, 5) is 14.3. The second-order valence-electron chi connectivity index (χ2n) is 4.90. The number of hydrazone groups is 1. The summed E-state index contributed by atoms with van der Waals surface area (Å²) < 4.78 is 13.0. The van der Waals surface area contributed by atoms with E-state index in [0.29, 0.717) is 11.3 Å². The third-order valence-corrected chi connectivity index (χ3v) is 2.90. The summed E-state index contributed by atoms with van der Waals surface area (Å²) in [5.41, 5.74) is 1.95. The molecule has 1 aromatic carbocycles. The number of nitrogens with zero attached hydrogens (tertiary/aromatic N) is 3. The number of amides is 1. The van der Waals surface area contributed by atoms with Crippen LogP contribution in [0.15, 0.2) is 41.1 Å². The Morgan fingerprint density at radius 2 is 1.95 bits per heavy atom. The van der Waals surface area contributed by atoms with E-state index in [1.807, 2.05) is 25.9 Å². The van der Waals surface area contributed by atoms with E-state index >= 15 is 0 Å². The zero-order valence-corrected chi connectivity index (χ0v) is 11.9. The highest BCUT2D eigenvalue weighted by Gasteiger charge is 2.30. The van der Waals surface area contributed by atoms with Crippen molar-refractivity contribution in [2.45, 2.75) is 19.8 Å². The molecule has 1 amide bonds. The zero-order valence-electron chi connectivity index (χ0n) is 11.9. The van der Waals surface area contributed by atoms with Crippen molar-refractivity contribution in [1.29, 1.82) is 0 Å². The van der Waals surface area contributed by atoms with E-state index in [1.165, 1.54) is 17.1 Å². The lowest BCUT2D eigenvalue weighted by molar-refractivity contribution is -0.114. The number of benzene rings is 1. The van der Waals surface area contributed by atoms with Gasteiger partial charge in [-0.1, -0.05) is 13.3 Å². The fourth-order valence-electron chi connectivity index (χ4n) is 2.02. The third-order valence-electron chi connectivity index (χ3n) is 2.90. The molecule has 1 aliphatic rings. The quantitative estimate of drug-likeness (QED) is 0.792. The minimum absolute atomic E-state index is 0.172. The Labute approximate surface area is 118 Å². The number of hydrogen-bond donors (Lipinski definition) is 0. The first-order valence-electron chi connectivity index (χ1n) is 6.59. The SMILES string of the molecule is CCCC1=NN(c2ccc(F)cc2)C(=O)/C1=C\N(C)C. The Bertz CT molecular complexity index is 561. The molecule has 4 nitrogen and oxygen atoms in total. The van der Waals surface area contributed by atoms with E-state index in [-0.39, 0.29) is 11.7 Å². The van der Waals surface area contributed by atoms with Crippen LogP contribution < -0.4 is 5.01 Å². The molecular formula is C15H18FN3O. The van der Waals surface area contributed by atoms with Gasteiger partial charge in [0.25, 0.3) is 5.91 Å². The fourth-order valence-corrected chi connectivity index (χ4v) is 2.02. The van der Waals surface area contributed by atoms with Gasteiger partial charge in [-0.3, -0.25) is 4.79 Å². The summed E-state index contributed by atoms with van der Waals surface area (Å²) in [7, 11) is 3.73. The molecule has 0 aromatic heterocycles. The number of hydrogen-bond acceptors (Lipinski definition) is 3. The van der Waals surface area contributed by atoms with Gasteiger partial charge in [0.1, 0.15) is 5.82 Å². The topological polar surface area (TPSA) is 35.9 Å². The first kappa shape index (κ1) is 14.2. The Kier molecular flexibility index (Phi) is 4.17. The molecule has 0 saturated heterocycles. The molecule has 1 heterocycles. The average Bonchev–Trinajstić information content (AvgIpc) is 2.69. The number of carbonyl (C=O) groups is 1. The van der Waals surface area contributed by atoms with Gasteiger partial charge < -0.3 is 4.90 Å². The maximum absolute atomic E-state index is 13.0. The average molecular weight is 275 g/mol. The second-order valence-corrected chi connectivity index (χ2v) is 4.90. The highest BCUT2D eigenvalue weighted by molar-refractivity contribution is 6.30. The van der Waals surface area contributed by atoms with Crippen molar-refractivity contribution in [3.8, 4) is 0 Å². The summed E-state index contributed by atoms with van der Waals surface area (Å²) in [5, 5.41) is 5.71. The lowest BCUT2D eigenvalue weighted by atomic mass is 10.1. The van der Waals surface area contributed by atoms with E-state index < -0.39 is 0 Å². The normalized spacial score (nSPS) is 16.8. The van der Waals surface area contributed by atoms with Crippen molar-refractivity contribution in [2.24, 2.45) is 5.10 Å². The minimum atomic E-state index is -0.331. The van der Waals surface area contributed by atoms with Crippen LogP contribution in [0.2, 0.25) is 0 Å². The molecular weight excluding hydrogens is 257 g/mol. The Balaban J connectivity index is 2.36. The standard InChI is InChI=1S/C15H18FN3O/c1-4-5-14-13(10-18(2)3)15(20)19(17-14)12-8-6-11(16)7-9-12/h6-10H,4-5H2,1-3H3/b13-10-. The first-order valence-corrected chi connectivity index (χ1v) is 6.59. The van der Waals surface area contributed by atoms with Gasteiger partial charge >= 0.3 is 0 Å².